The predicted molar refractivity (Wildman–Crippen MR) is 57.7 cm³/mol. The molecular formula is C10H7BrClFO. The summed E-state index contributed by atoms with van der Waals surface area (Å²) in [5.41, 5.74) is 0.242. The minimum absolute atomic E-state index is 0.0285. The summed E-state index contributed by atoms with van der Waals surface area (Å²) in [6.45, 7) is -0.0289. The summed E-state index contributed by atoms with van der Waals surface area (Å²) in [7, 11) is 0. The van der Waals surface area contributed by atoms with Crippen molar-refractivity contribution in [2.24, 2.45) is 0 Å². The molecule has 1 aromatic rings. The summed E-state index contributed by atoms with van der Waals surface area (Å²) in [4.78, 5) is 0. The molecule has 1 aromatic carbocycles. The number of benzene rings is 1. The van der Waals surface area contributed by atoms with Crippen molar-refractivity contribution in [3.05, 3.63) is 33.0 Å². The van der Waals surface area contributed by atoms with Gasteiger partial charge in [-0.1, -0.05) is 23.4 Å². The van der Waals surface area contributed by atoms with E-state index in [0.29, 0.717) is 10.9 Å². The molecule has 4 heteroatoms. The van der Waals surface area contributed by atoms with Crippen molar-refractivity contribution in [3.63, 3.8) is 0 Å². The van der Waals surface area contributed by atoms with E-state index in [1.807, 2.05) is 0 Å². The van der Waals surface area contributed by atoms with Crippen molar-refractivity contribution in [1.29, 1.82) is 0 Å². The van der Waals surface area contributed by atoms with Gasteiger partial charge in [0.05, 0.1) is 17.2 Å². The third-order valence-electron chi connectivity index (χ3n) is 1.50. The molecule has 0 aliphatic heterocycles. The highest BCUT2D eigenvalue weighted by atomic mass is 79.9. The Balaban J connectivity index is 3.02. The van der Waals surface area contributed by atoms with Gasteiger partial charge in [-0.3, -0.25) is 0 Å². The van der Waals surface area contributed by atoms with Gasteiger partial charge in [-0.15, -0.1) is 0 Å². The summed E-state index contributed by atoms with van der Waals surface area (Å²) in [5.74, 6) is 4.68. The summed E-state index contributed by atoms with van der Waals surface area (Å²) < 4.78 is 13.9. The zero-order chi connectivity index (χ0) is 10.6. The van der Waals surface area contributed by atoms with Gasteiger partial charge >= 0.3 is 0 Å². The molecule has 0 spiro atoms. The summed E-state index contributed by atoms with van der Waals surface area (Å²) >= 11 is 8.76. The van der Waals surface area contributed by atoms with Gasteiger partial charge in [-0.2, -0.15) is 0 Å². The van der Waals surface area contributed by atoms with E-state index in [1.54, 1.807) is 6.07 Å². The molecule has 0 fully saturated rings. The Morgan fingerprint density at radius 1 is 1.50 bits per heavy atom. The van der Waals surface area contributed by atoms with Crippen molar-refractivity contribution < 1.29 is 9.50 Å². The van der Waals surface area contributed by atoms with Crippen molar-refractivity contribution in [2.45, 2.75) is 6.42 Å². The summed E-state index contributed by atoms with van der Waals surface area (Å²) in [5, 5.41) is 8.51. The number of rotatable bonds is 1. The highest BCUT2D eigenvalue weighted by Gasteiger charge is 2.07. The standard InChI is InChI=1S/C10H7BrClFO/c11-8-5-4-7(3-1-2-6-14)10(13)9(8)12/h4-5,14H,2,6H2. The van der Waals surface area contributed by atoms with Crippen LogP contribution in [0.2, 0.25) is 5.02 Å². The Kier molecular flexibility index (Phi) is 4.40. The van der Waals surface area contributed by atoms with Crippen LogP contribution in [0.5, 0.6) is 0 Å². The number of halogens is 3. The van der Waals surface area contributed by atoms with Crippen LogP contribution in [-0.2, 0) is 0 Å². The third-order valence-corrected chi connectivity index (χ3v) is 2.75. The molecule has 0 atom stereocenters. The van der Waals surface area contributed by atoms with E-state index in [9.17, 15) is 4.39 Å². The number of aliphatic hydroxyl groups is 1. The Hall–Kier alpha value is -0.560. The first-order valence-corrected chi connectivity index (χ1v) is 5.07. The normalized spacial score (nSPS) is 9.43. The molecule has 0 bridgehead atoms. The molecule has 0 aliphatic rings. The van der Waals surface area contributed by atoms with Gasteiger partial charge in [-0.05, 0) is 28.1 Å². The summed E-state index contributed by atoms with van der Waals surface area (Å²) in [6, 6.07) is 3.17. The number of hydrogen-bond donors (Lipinski definition) is 1. The first-order chi connectivity index (χ1) is 6.66. The minimum atomic E-state index is -0.536. The van der Waals surface area contributed by atoms with E-state index < -0.39 is 5.82 Å². The van der Waals surface area contributed by atoms with Crippen LogP contribution in [0.3, 0.4) is 0 Å². The quantitative estimate of drug-likeness (QED) is 0.618. The Morgan fingerprint density at radius 3 is 2.86 bits per heavy atom. The second kappa shape index (κ2) is 5.35. The fourth-order valence-corrected chi connectivity index (χ4v) is 1.31. The lowest BCUT2D eigenvalue weighted by Gasteiger charge is -1.99. The van der Waals surface area contributed by atoms with Crippen molar-refractivity contribution >= 4 is 27.5 Å². The first-order valence-electron chi connectivity index (χ1n) is 3.90. The lowest BCUT2D eigenvalue weighted by Crippen LogP contribution is -1.86. The van der Waals surface area contributed by atoms with Gasteiger partial charge in [0, 0.05) is 10.9 Å². The average Bonchev–Trinajstić information content (AvgIpc) is 2.18. The number of hydrogen-bond acceptors (Lipinski definition) is 1. The zero-order valence-corrected chi connectivity index (χ0v) is 9.49. The second-order valence-electron chi connectivity index (χ2n) is 2.50. The summed E-state index contributed by atoms with van der Waals surface area (Å²) in [6.07, 6.45) is 0.327. The molecular weight excluding hydrogens is 270 g/mol. The average molecular weight is 278 g/mol. The van der Waals surface area contributed by atoms with E-state index in [1.165, 1.54) is 6.07 Å². The molecule has 0 saturated heterocycles. The van der Waals surface area contributed by atoms with Gasteiger partial charge in [0.15, 0.2) is 5.82 Å². The molecule has 0 radical (unpaired) electrons. The van der Waals surface area contributed by atoms with Crippen LogP contribution in [0.1, 0.15) is 12.0 Å². The molecule has 0 saturated carbocycles. The highest BCUT2D eigenvalue weighted by Crippen LogP contribution is 2.26. The highest BCUT2D eigenvalue weighted by molar-refractivity contribution is 9.10. The van der Waals surface area contributed by atoms with Crippen LogP contribution in [0.4, 0.5) is 4.39 Å². The number of aliphatic hydroxyl groups excluding tert-OH is 1. The molecule has 0 aromatic heterocycles. The smallest absolute Gasteiger partial charge is 0.158 e. The van der Waals surface area contributed by atoms with E-state index >= 15 is 0 Å². The van der Waals surface area contributed by atoms with Gasteiger partial charge in [-0.25, -0.2) is 4.39 Å². The second-order valence-corrected chi connectivity index (χ2v) is 3.73. The molecule has 0 unspecified atom stereocenters. The van der Waals surface area contributed by atoms with Crippen molar-refractivity contribution in [3.8, 4) is 11.8 Å². The van der Waals surface area contributed by atoms with E-state index in [2.05, 4.69) is 27.8 Å². The van der Waals surface area contributed by atoms with E-state index in [0.717, 1.165) is 0 Å². The molecule has 74 valence electrons. The lowest BCUT2D eigenvalue weighted by atomic mass is 10.2. The van der Waals surface area contributed by atoms with Crippen molar-refractivity contribution in [1.82, 2.24) is 0 Å². The minimum Gasteiger partial charge on any atom is -0.395 e. The molecule has 1 nitrogen and oxygen atoms in total. The van der Waals surface area contributed by atoms with Crippen LogP contribution in [0.15, 0.2) is 16.6 Å². The van der Waals surface area contributed by atoms with Gasteiger partial charge in [0.1, 0.15) is 0 Å². The molecule has 0 aliphatic carbocycles. The maximum Gasteiger partial charge on any atom is 0.158 e. The van der Waals surface area contributed by atoms with Gasteiger partial charge in [0.2, 0.25) is 0 Å². The van der Waals surface area contributed by atoms with E-state index in [-0.39, 0.29) is 17.2 Å². The van der Waals surface area contributed by atoms with Gasteiger partial charge < -0.3 is 5.11 Å². The van der Waals surface area contributed by atoms with Crippen LogP contribution >= 0.6 is 27.5 Å². The molecule has 1 N–H and O–H groups in total. The zero-order valence-electron chi connectivity index (χ0n) is 7.15. The fourth-order valence-electron chi connectivity index (χ4n) is 0.836. The third kappa shape index (κ3) is 2.71. The van der Waals surface area contributed by atoms with Gasteiger partial charge in [0.25, 0.3) is 0 Å². The maximum absolute atomic E-state index is 13.4. The Bertz CT molecular complexity index is 395. The first kappa shape index (κ1) is 11.5. The largest absolute Gasteiger partial charge is 0.395 e. The van der Waals surface area contributed by atoms with Crippen molar-refractivity contribution in [2.75, 3.05) is 6.61 Å². The molecule has 0 heterocycles. The Labute approximate surface area is 95.0 Å². The molecule has 0 amide bonds. The van der Waals surface area contributed by atoms with Crippen LogP contribution < -0.4 is 0 Å². The molecule has 14 heavy (non-hydrogen) atoms. The monoisotopic (exact) mass is 276 g/mol. The lowest BCUT2D eigenvalue weighted by molar-refractivity contribution is 0.305. The van der Waals surface area contributed by atoms with Crippen LogP contribution in [0, 0.1) is 17.7 Å². The Morgan fingerprint density at radius 2 is 2.21 bits per heavy atom. The molecule has 1 rings (SSSR count). The topological polar surface area (TPSA) is 20.2 Å². The van der Waals surface area contributed by atoms with Crippen LogP contribution in [-0.4, -0.2) is 11.7 Å². The maximum atomic E-state index is 13.4. The fraction of sp³-hybridized carbons (Fsp3) is 0.200. The predicted octanol–water partition coefficient (Wildman–Crippen LogP) is 2.98. The van der Waals surface area contributed by atoms with E-state index in [4.69, 9.17) is 16.7 Å². The SMILES string of the molecule is OCCC#Cc1ccc(Br)c(Cl)c1F. The van der Waals surface area contributed by atoms with Crippen LogP contribution in [0.25, 0.3) is 0 Å².